The van der Waals surface area contributed by atoms with E-state index in [1.54, 1.807) is 18.2 Å². The second-order valence-electron chi connectivity index (χ2n) is 2.52. The van der Waals surface area contributed by atoms with Crippen LogP contribution in [0.4, 0.5) is 14.5 Å². The lowest BCUT2D eigenvalue weighted by Gasteiger charge is -2.05. The molecule has 0 radical (unpaired) electrons. The van der Waals surface area contributed by atoms with Gasteiger partial charge in [-0.15, -0.1) is 11.8 Å². The molecule has 0 unspecified atom stereocenters. The minimum Gasteiger partial charge on any atom is -0.321 e. The number of carbonyl (C=O) groups is 1. The molecule has 0 fully saturated rings. The molecule has 76 valence electrons. The Morgan fingerprint density at radius 1 is 1.50 bits per heavy atom. The Balaban J connectivity index is 2.72. The highest BCUT2D eigenvalue weighted by atomic mass is 32.2. The zero-order valence-corrected chi connectivity index (χ0v) is 8.28. The molecule has 1 aromatic carbocycles. The Morgan fingerprint density at radius 2 is 2.21 bits per heavy atom. The highest BCUT2D eigenvalue weighted by molar-refractivity contribution is 7.98. The van der Waals surface area contributed by atoms with Crippen molar-refractivity contribution in [2.24, 2.45) is 0 Å². The summed E-state index contributed by atoms with van der Waals surface area (Å²) in [5.74, 6) is -1.27. The lowest BCUT2D eigenvalue weighted by molar-refractivity contribution is -0.126. The van der Waals surface area contributed by atoms with E-state index >= 15 is 0 Å². The average molecular weight is 217 g/mol. The standard InChI is InChI=1S/C9H9F2NOS/c1-14-7-4-2-3-6(5-7)12-9(13)8(10)11/h2-5,8H,1H3,(H,12,13). The van der Waals surface area contributed by atoms with E-state index in [0.29, 0.717) is 5.69 Å². The number of benzene rings is 1. The summed E-state index contributed by atoms with van der Waals surface area (Å²) in [6.07, 6.45) is -1.11. The molecule has 1 aromatic rings. The van der Waals surface area contributed by atoms with E-state index in [1.807, 2.05) is 12.3 Å². The van der Waals surface area contributed by atoms with Crippen molar-refractivity contribution in [1.82, 2.24) is 0 Å². The van der Waals surface area contributed by atoms with Gasteiger partial charge in [0.15, 0.2) is 0 Å². The summed E-state index contributed by atoms with van der Waals surface area (Å²) in [6.45, 7) is 0. The van der Waals surface area contributed by atoms with E-state index in [4.69, 9.17) is 0 Å². The number of thioether (sulfide) groups is 1. The maximum atomic E-state index is 11.9. The van der Waals surface area contributed by atoms with Crippen LogP contribution in [0.25, 0.3) is 0 Å². The molecule has 1 amide bonds. The van der Waals surface area contributed by atoms with Gasteiger partial charge in [0.2, 0.25) is 0 Å². The number of halogens is 2. The van der Waals surface area contributed by atoms with E-state index < -0.39 is 12.3 Å². The summed E-state index contributed by atoms with van der Waals surface area (Å²) in [5.41, 5.74) is 0.391. The Hall–Kier alpha value is -1.10. The van der Waals surface area contributed by atoms with Gasteiger partial charge in [-0.3, -0.25) is 4.79 Å². The zero-order chi connectivity index (χ0) is 10.6. The van der Waals surface area contributed by atoms with Crippen LogP contribution in [0.5, 0.6) is 0 Å². The average Bonchev–Trinajstić information content (AvgIpc) is 2.18. The van der Waals surface area contributed by atoms with Gasteiger partial charge in [0, 0.05) is 10.6 Å². The van der Waals surface area contributed by atoms with Gasteiger partial charge in [0.25, 0.3) is 5.91 Å². The summed E-state index contributed by atoms with van der Waals surface area (Å²) in [6, 6.07) is 6.75. The summed E-state index contributed by atoms with van der Waals surface area (Å²) in [5, 5.41) is 2.11. The number of carbonyl (C=O) groups excluding carboxylic acids is 1. The van der Waals surface area contributed by atoms with E-state index in [1.165, 1.54) is 11.8 Å². The number of hydrogen-bond acceptors (Lipinski definition) is 2. The molecule has 0 spiro atoms. The number of anilines is 1. The Kier molecular flexibility index (Phi) is 3.88. The van der Waals surface area contributed by atoms with Gasteiger partial charge < -0.3 is 5.32 Å². The smallest absolute Gasteiger partial charge is 0.315 e. The minimum atomic E-state index is -2.98. The van der Waals surface area contributed by atoms with Gasteiger partial charge in [-0.25, -0.2) is 0 Å². The van der Waals surface area contributed by atoms with Crippen LogP contribution in [-0.2, 0) is 4.79 Å². The van der Waals surface area contributed by atoms with Crippen LogP contribution < -0.4 is 5.32 Å². The molecule has 0 heterocycles. The second kappa shape index (κ2) is 4.95. The van der Waals surface area contributed by atoms with Gasteiger partial charge in [0.1, 0.15) is 0 Å². The van der Waals surface area contributed by atoms with Crippen molar-refractivity contribution in [3.8, 4) is 0 Å². The van der Waals surface area contributed by atoms with Crippen LogP contribution in [0, 0.1) is 0 Å². The molecular weight excluding hydrogens is 208 g/mol. The van der Waals surface area contributed by atoms with Gasteiger partial charge >= 0.3 is 6.43 Å². The normalized spacial score (nSPS) is 10.3. The predicted molar refractivity (Wildman–Crippen MR) is 52.9 cm³/mol. The van der Waals surface area contributed by atoms with E-state index in [2.05, 4.69) is 5.32 Å². The van der Waals surface area contributed by atoms with Gasteiger partial charge in [-0.05, 0) is 24.5 Å². The molecule has 0 aromatic heterocycles. The van der Waals surface area contributed by atoms with Crippen molar-refractivity contribution in [1.29, 1.82) is 0 Å². The first-order chi connectivity index (χ1) is 6.63. The third kappa shape index (κ3) is 2.99. The van der Waals surface area contributed by atoms with Crippen LogP contribution in [0.1, 0.15) is 0 Å². The lowest BCUT2D eigenvalue weighted by atomic mass is 10.3. The van der Waals surface area contributed by atoms with Crippen molar-refractivity contribution in [3.05, 3.63) is 24.3 Å². The zero-order valence-electron chi connectivity index (χ0n) is 7.46. The molecule has 0 saturated heterocycles. The van der Waals surface area contributed by atoms with Crippen LogP contribution in [-0.4, -0.2) is 18.6 Å². The first-order valence-corrected chi connectivity index (χ1v) is 5.09. The largest absolute Gasteiger partial charge is 0.321 e. The maximum absolute atomic E-state index is 11.9. The van der Waals surface area contributed by atoms with Crippen LogP contribution in [0.2, 0.25) is 0 Å². The maximum Gasteiger partial charge on any atom is 0.315 e. The molecule has 0 saturated carbocycles. The fraction of sp³-hybridized carbons (Fsp3) is 0.222. The molecule has 1 N–H and O–H groups in total. The fourth-order valence-electron chi connectivity index (χ4n) is 0.898. The third-order valence-electron chi connectivity index (χ3n) is 1.54. The third-order valence-corrected chi connectivity index (χ3v) is 2.26. The molecule has 0 aliphatic carbocycles. The quantitative estimate of drug-likeness (QED) is 0.788. The molecule has 2 nitrogen and oxygen atoms in total. The molecule has 0 aliphatic heterocycles. The Labute approximate surface area is 84.7 Å². The fourth-order valence-corrected chi connectivity index (χ4v) is 1.36. The molecule has 0 atom stereocenters. The second-order valence-corrected chi connectivity index (χ2v) is 3.40. The molecule has 0 aliphatic rings. The van der Waals surface area contributed by atoms with Crippen LogP contribution in [0.3, 0.4) is 0 Å². The lowest BCUT2D eigenvalue weighted by Crippen LogP contribution is -2.19. The molecule has 1 rings (SSSR count). The summed E-state index contributed by atoms with van der Waals surface area (Å²) in [4.78, 5) is 11.6. The number of rotatable bonds is 3. The van der Waals surface area contributed by atoms with Crippen molar-refractivity contribution >= 4 is 23.4 Å². The summed E-state index contributed by atoms with van der Waals surface area (Å²) < 4.78 is 23.8. The number of amides is 1. The van der Waals surface area contributed by atoms with E-state index in [9.17, 15) is 13.6 Å². The molecular formula is C9H9F2NOS. The monoisotopic (exact) mass is 217 g/mol. The predicted octanol–water partition coefficient (Wildman–Crippen LogP) is 2.61. The Bertz CT molecular complexity index is 330. The minimum absolute atomic E-state index is 0.391. The Morgan fingerprint density at radius 3 is 2.79 bits per heavy atom. The van der Waals surface area contributed by atoms with Gasteiger partial charge in [0.05, 0.1) is 0 Å². The van der Waals surface area contributed by atoms with E-state index in [-0.39, 0.29) is 0 Å². The van der Waals surface area contributed by atoms with E-state index in [0.717, 1.165) is 4.90 Å². The number of nitrogens with one attached hydrogen (secondary N) is 1. The highest BCUT2D eigenvalue weighted by Crippen LogP contribution is 2.19. The van der Waals surface area contributed by atoms with Crippen molar-refractivity contribution < 1.29 is 13.6 Å². The molecule has 5 heteroatoms. The van der Waals surface area contributed by atoms with Crippen molar-refractivity contribution in [3.63, 3.8) is 0 Å². The summed E-state index contributed by atoms with van der Waals surface area (Å²) >= 11 is 1.48. The highest BCUT2D eigenvalue weighted by Gasteiger charge is 2.14. The van der Waals surface area contributed by atoms with Gasteiger partial charge in [-0.2, -0.15) is 8.78 Å². The van der Waals surface area contributed by atoms with Gasteiger partial charge in [-0.1, -0.05) is 6.07 Å². The first kappa shape index (κ1) is 11.0. The summed E-state index contributed by atoms with van der Waals surface area (Å²) in [7, 11) is 0. The van der Waals surface area contributed by atoms with Crippen molar-refractivity contribution in [2.75, 3.05) is 11.6 Å². The number of hydrogen-bond donors (Lipinski definition) is 1. The SMILES string of the molecule is CSc1cccc(NC(=O)C(F)F)c1. The first-order valence-electron chi connectivity index (χ1n) is 3.86. The van der Waals surface area contributed by atoms with Crippen molar-refractivity contribution in [2.45, 2.75) is 11.3 Å². The number of alkyl halides is 2. The van der Waals surface area contributed by atoms with Crippen LogP contribution in [0.15, 0.2) is 29.2 Å². The van der Waals surface area contributed by atoms with Crippen LogP contribution >= 0.6 is 11.8 Å². The molecule has 14 heavy (non-hydrogen) atoms. The molecule has 0 bridgehead atoms. The topological polar surface area (TPSA) is 29.1 Å².